The van der Waals surface area contributed by atoms with Crippen LogP contribution < -0.4 is 0 Å². The highest BCUT2D eigenvalue weighted by Gasteiger charge is 2.60. The summed E-state index contributed by atoms with van der Waals surface area (Å²) in [5.41, 5.74) is -0.242. The number of hydrogen-bond donors (Lipinski definition) is 4. The molecule has 0 amide bonds. The smallest absolute Gasteiger partial charge is 0.381 e. The van der Waals surface area contributed by atoms with Gasteiger partial charge in [-0.25, -0.2) is 4.79 Å². The van der Waals surface area contributed by atoms with E-state index in [2.05, 4.69) is 11.3 Å². The van der Waals surface area contributed by atoms with Crippen molar-refractivity contribution in [2.75, 3.05) is 0 Å². The maximum Gasteiger partial charge on any atom is 0.381 e. The third-order valence-electron chi connectivity index (χ3n) is 1.72. The van der Waals surface area contributed by atoms with Crippen LogP contribution in [0.15, 0.2) is 12.2 Å². The molecule has 0 bridgehead atoms. The minimum Gasteiger partial charge on any atom is -0.430 e. The molecule has 0 fully saturated rings. The second-order valence-corrected chi connectivity index (χ2v) is 7.43. The summed E-state index contributed by atoms with van der Waals surface area (Å²) in [5.74, 6) is -1.30. The summed E-state index contributed by atoms with van der Waals surface area (Å²) in [5, 5.41) is -3.20. The summed E-state index contributed by atoms with van der Waals surface area (Å²) in [4.78, 5) is 46.3. The van der Waals surface area contributed by atoms with Crippen LogP contribution in [0.2, 0.25) is 0 Å². The predicted molar refractivity (Wildman–Crippen MR) is 53.4 cm³/mol. The molecule has 8 nitrogen and oxygen atoms in total. The maximum absolute atomic E-state index is 11.0. The van der Waals surface area contributed by atoms with Crippen molar-refractivity contribution in [2.45, 2.75) is 18.9 Å². The molecule has 0 saturated heterocycles. The normalized spacial score (nSPS) is 13.4. The molecule has 0 unspecified atom stereocenters. The molecule has 0 rings (SSSR count). The Kier molecular flexibility index (Phi) is 4.27. The average molecular weight is 274 g/mol. The fourth-order valence-corrected chi connectivity index (χ4v) is 2.31. The Hall–Kier alpha value is -0.490. The summed E-state index contributed by atoms with van der Waals surface area (Å²) < 4.78 is 26.1. The Morgan fingerprint density at radius 1 is 1.19 bits per heavy atom. The molecule has 0 aromatic heterocycles. The highest BCUT2D eigenvalue weighted by molar-refractivity contribution is 7.72. The molecule has 0 aliphatic rings. The Bertz CT molecular complexity index is 379. The molecule has 0 spiro atoms. The van der Waals surface area contributed by atoms with Crippen LogP contribution in [0.25, 0.3) is 0 Å². The number of hydrogen-bond acceptors (Lipinski definition) is 4. The van der Waals surface area contributed by atoms with Crippen molar-refractivity contribution in [2.24, 2.45) is 0 Å². The molecule has 4 N–H and O–H groups in total. The van der Waals surface area contributed by atoms with Gasteiger partial charge in [-0.05, 0) is 13.8 Å². The fraction of sp³-hybridized carbons (Fsp3) is 0.500. The van der Waals surface area contributed by atoms with Gasteiger partial charge in [-0.3, -0.25) is 9.13 Å². The lowest BCUT2D eigenvalue weighted by molar-refractivity contribution is -0.143. The summed E-state index contributed by atoms with van der Waals surface area (Å²) >= 11 is 0. The van der Waals surface area contributed by atoms with Crippen molar-refractivity contribution in [3.63, 3.8) is 0 Å². The fourth-order valence-electron chi connectivity index (χ4n) is 0.551. The van der Waals surface area contributed by atoms with Crippen LogP contribution in [0.5, 0.6) is 0 Å². The number of esters is 1. The highest BCUT2D eigenvalue weighted by Crippen LogP contribution is 2.69. The molecule has 0 saturated carbocycles. The molecule has 0 aliphatic heterocycles. The minimum atomic E-state index is -5.35. The summed E-state index contributed by atoms with van der Waals surface area (Å²) in [7, 11) is -10.7. The lowest BCUT2D eigenvalue weighted by Crippen LogP contribution is -2.31. The van der Waals surface area contributed by atoms with Gasteiger partial charge in [0.2, 0.25) is 0 Å². The molecule has 0 aromatic carbocycles. The highest BCUT2D eigenvalue weighted by atomic mass is 31.2. The van der Waals surface area contributed by atoms with Crippen LogP contribution >= 0.6 is 15.2 Å². The zero-order valence-corrected chi connectivity index (χ0v) is 10.3. The first-order valence-electron chi connectivity index (χ1n) is 3.83. The lowest BCUT2D eigenvalue weighted by Gasteiger charge is -2.30. The summed E-state index contributed by atoms with van der Waals surface area (Å²) in [6.07, 6.45) is 0. The lowest BCUT2D eigenvalue weighted by atomic mass is 10.4. The number of carbonyl (C=O) groups is 1. The molecule has 0 aliphatic carbocycles. The SMILES string of the molecule is C=C(C)C(=O)OC(C)(P(=O)(O)O)P(=O)(O)O. The van der Waals surface area contributed by atoms with Crippen LogP contribution in [0.1, 0.15) is 13.8 Å². The van der Waals surface area contributed by atoms with E-state index in [0.717, 1.165) is 0 Å². The molecule has 0 radical (unpaired) electrons. The average Bonchev–Trinajstić information content (AvgIpc) is 1.99. The Morgan fingerprint density at radius 3 is 1.69 bits per heavy atom. The third kappa shape index (κ3) is 3.01. The quantitative estimate of drug-likeness (QED) is 0.322. The van der Waals surface area contributed by atoms with Crippen molar-refractivity contribution in [1.82, 2.24) is 0 Å². The van der Waals surface area contributed by atoms with Gasteiger partial charge in [0.1, 0.15) is 0 Å². The van der Waals surface area contributed by atoms with Gasteiger partial charge < -0.3 is 24.3 Å². The van der Waals surface area contributed by atoms with E-state index in [1.54, 1.807) is 0 Å². The standard InChI is InChI=1S/C6H12O8P2/c1-4(2)5(7)14-6(3,15(8,9)10)16(11,12)13/h1H2,2-3H3,(H2,8,9,10)(H2,11,12,13). The summed E-state index contributed by atoms with van der Waals surface area (Å²) in [6.45, 7) is 4.76. The van der Waals surface area contributed by atoms with Gasteiger partial charge in [-0.2, -0.15) is 0 Å². The van der Waals surface area contributed by atoms with Gasteiger partial charge in [0.05, 0.1) is 0 Å². The first-order valence-corrected chi connectivity index (χ1v) is 7.05. The number of ether oxygens (including phenoxy) is 1. The molecule has 10 heteroatoms. The van der Waals surface area contributed by atoms with Crippen LogP contribution in [-0.2, 0) is 18.7 Å². The maximum atomic E-state index is 11.0. The van der Waals surface area contributed by atoms with Gasteiger partial charge in [-0.1, -0.05) is 6.58 Å². The van der Waals surface area contributed by atoms with E-state index >= 15 is 0 Å². The predicted octanol–water partition coefficient (Wildman–Crippen LogP) is 0.135. The van der Waals surface area contributed by atoms with Gasteiger partial charge in [0.15, 0.2) is 0 Å². The van der Waals surface area contributed by atoms with E-state index < -0.39 is 26.2 Å². The third-order valence-corrected chi connectivity index (χ3v) is 5.62. The van der Waals surface area contributed by atoms with Crippen molar-refractivity contribution in [3.8, 4) is 0 Å². The van der Waals surface area contributed by atoms with Gasteiger partial charge in [0.25, 0.3) is 0 Å². The van der Waals surface area contributed by atoms with Crippen molar-refractivity contribution >= 4 is 21.2 Å². The van der Waals surface area contributed by atoms with Crippen LogP contribution in [0.4, 0.5) is 0 Å². The Labute approximate surface area is 91.3 Å². The van der Waals surface area contributed by atoms with Crippen molar-refractivity contribution < 1.29 is 38.2 Å². The van der Waals surface area contributed by atoms with E-state index in [4.69, 9.17) is 19.6 Å². The topological polar surface area (TPSA) is 141 Å². The monoisotopic (exact) mass is 274 g/mol. The van der Waals surface area contributed by atoms with E-state index in [1.165, 1.54) is 6.92 Å². The van der Waals surface area contributed by atoms with Crippen LogP contribution in [0, 0.1) is 0 Å². The molecule has 0 aromatic rings. The number of rotatable bonds is 4. The zero-order chi connectivity index (χ0) is 13.4. The van der Waals surface area contributed by atoms with Crippen molar-refractivity contribution in [1.29, 1.82) is 0 Å². The summed E-state index contributed by atoms with van der Waals surface area (Å²) in [6, 6.07) is 0. The first kappa shape index (κ1) is 15.5. The Morgan fingerprint density at radius 2 is 1.50 bits per heavy atom. The molecule has 16 heavy (non-hydrogen) atoms. The van der Waals surface area contributed by atoms with Gasteiger partial charge in [-0.15, -0.1) is 0 Å². The number of carbonyl (C=O) groups excluding carboxylic acids is 1. The van der Waals surface area contributed by atoms with Crippen molar-refractivity contribution in [3.05, 3.63) is 12.2 Å². The largest absolute Gasteiger partial charge is 0.430 e. The molecular formula is C6H12O8P2. The molecule has 0 heterocycles. The van der Waals surface area contributed by atoms with E-state index in [-0.39, 0.29) is 5.57 Å². The molecular weight excluding hydrogens is 262 g/mol. The first-order chi connectivity index (χ1) is 6.83. The van der Waals surface area contributed by atoms with E-state index in [0.29, 0.717) is 6.92 Å². The van der Waals surface area contributed by atoms with E-state index in [9.17, 15) is 13.9 Å². The van der Waals surface area contributed by atoms with Gasteiger partial charge >= 0.3 is 26.2 Å². The Balaban J connectivity index is 5.48. The second-order valence-electron chi connectivity index (χ2n) is 3.19. The van der Waals surface area contributed by atoms with Crippen LogP contribution in [0.3, 0.4) is 0 Å². The van der Waals surface area contributed by atoms with Crippen LogP contribution in [-0.4, -0.2) is 30.6 Å². The minimum absolute atomic E-state index is 0.242. The van der Waals surface area contributed by atoms with E-state index in [1.807, 2.05) is 0 Å². The molecule has 0 atom stereocenters. The zero-order valence-electron chi connectivity index (χ0n) is 8.52. The second kappa shape index (κ2) is 4.41. The molecule has 94 valence electrons. The van der Waals surface area contributed by atoms with Gasteiger partial charge in [0, 0.05) is 5.57 Å².